The van der Waals surface area contributed by atoms with Gasteiger partial charge in [0.05, 0.1) is 0 Å². The van der Waals surface area contributed by atoms with Crippen LogP contribution < -0.4 is 0 Å². The fourth-order valence-corrected chi connectivity index (χ4v) is 5.64. The molecule has 17 heavy (non-hydrogen) atoms. The molecule has 100 valence electrons. The number of hydrogen-bond donors (Lipinski definition) is 0. The third-order valence-electron chi connectivity index (χ3n) is 5.42. The number of hydrogen-bond acceptors (Lipinski definition) is 0. The van der Waals surface area contributed by atoms with Crippen LogP contribution in [0.1, 0.15) is 59.8 Å². The number of rotatable bonds is 1. The van der Waals surface area contributed by atoms with Gasteiger partial charge in [-0.2, -0.15) is 0 Å². The molecule has 2 heteroatoms. The summed E-state index contributed by atoms with van der Waals surface area (Å²) >= 11 is 8.13. The smallest absolute Gasteiger partial charge is 0.0315 e. The normalized spacial score (nSPS) is 51.4. The van der Waals surface area contributed by atoms with Crippen LogP contribution >= 0.6 is 31.9 Å². The van der Waals surface area contributed by atoms with E-state index in [0.29, 0.717) is 8.65 Å². The van der Waals surface area contributed by atoms with Gasteiger partial charge in [-0.3, -0.25) is 0 Å². The highest BCUT2D eigenvalue weighted by atomic mass is 79.9. The fraction of sp³-hybridized carbons (Fsp3) is 1.00. The first-order valence-corrected chi connectivity index (χ1v) is 8.73. The van der Waals surface area contributed by atoms with E-state index in [-0.39, 0.29) is 0 Å². The molecule has 0 bridgehead atoms. The second-order valence-corrected chi connectivity index (χ2v) is 10.4. The molecule has 0 heterocycles. The molecule has 0 nitrogen and oxygen atoms in total. The molecule has 0 aliphatic heterocycles. The highest BCUT2D eigenvalue weighted by Crippen LogP contribution is 2.59. The van der Waals surface area contributed by atoms with Crippen LogP contribution in [-0.2, 0) is 0 Å². The molecule has 2 saturated carbocycles. The number of alkyl halides is 2. The Morgan fingerprint density at radius 1 is 1.12 bits per heavy atom. The summed E-state index contributed by atoms with van der Waals surface area (Å²) in [5, 5.41) is 0. The van der Waals surface area contributed by atoms with E-state index >= 15 is 0 Å². The predicted molar refractivity (Wildman–Crippen MR) is 83.1 cm³/mol. The molecular weight excluding hydrogens is 340 g/mol. The van der Waals surface area contributed by atoms with E-state index < -0.39 is 0 Å². The highest BCUT2D eigenvalue weighted by molar-refractivity contribution is 9.10. The Labute approximate surface area is 124 Å². The van der Waals surface area contributed by atoms with Crippen LogP contribution in [0, 0.1) is 23.7 Å². The van der Waals surface area contributed by atoms with Crippen molar-refractivity contribution in [2.75, 3.05) is 0 Å². The van der Waals surface area contributed by atoms with Gasteiger partial charge in [0.1, 0.15) is 0 Å². The van der Waals surface area contributed by atoms with E-state index in [1.807, 2.05) is 0 Å². The summed E-state index contributed by atoms with van der Waals surface area (Å²) in [6.45, 7) is 9.66. The Bertz CT molecular complexity index is 285. The zero-order chi connectivity index (χ0) is 12.8. The van der Waals surface area contributed by atoms with E-state index in [0.717, 1.165) is 23.7 Å². The van der Waals surface area contributed by atoms with E-state index in [9.17, 15) is 0 Å². The van der Waals surface area contributed by atoms with Gasteiger partial charge in [0, 0.05) is 8.65 Å². The Morgan fingerprint density at radius 2 is 1.76 bits per heavy atom. The van der Waals surface area contributed by atoms with E-state index in [1.165, 1.54) is 32.1 Å². The van der Waals surface area contributed by atoms with Gasteiger partial charge in [0.25, 0.3) is 0 Å². The third kappa shape index (κ3) is 2.63. The average molecular weight is 366 g/mol. The van der Waals surface area contributed by atoms with Crippen molar-refractivity contribution in [2.45, 2.75) is 68.4 Å². The summed E-state index contributed by atoms with van der Waals surface area (Å²) in [4.78, 5) is 0. The van der Waals surface area contributed by atoms with Crippen LogP contribution in [0.2, 0.25) is 0 Å². The maximum absolute atomic E-state index is 4.18. The van der Waals surface area contributed by atoms with Crippen molar-refractivity contribution in [1.29, 1.82) is 0 Å². The summed E-state index contributed by atoms with van der Waals surface area (Å²) in [5.74, 6) is 3.42. The molecule has 2 aliphatic carbocycles. The van der Waals surface area contributed by atoms with Crippen LogP contribution in [0.5, 0.6) is 0 Å². The van der Waals surface area contributed by atoms with Crippen molar-refractivity contribution in [3.8, 4) is 0 Å². The molecule has 0 amide bonds. The summed E-state index contributed by atoms with van der Waals surface area (Å²) in [7, 11) is 0. The Morgan fingerprint density at radius 3 is 2.35 bits per heavy atom. The number of fused-ring (bicyclic) bond motifs is 1. The topological polar surface area (TPSA) is 0 Å². The average Bonchev–Trinajstić information content (AvgIpc) is 2.21. The van der Waals surface area contributed by atoms with Crippen molar-refractivity contribution >= 4 is 31.9 Å². The fourth-order valence-electron chi connectivity index (χ4n) is 4.17. The lowest BCUT2D eigenvalue weighted by Crippen LogP contribution is -2.53. The molecule has 0 spiro atoms. The van der Waals surface area contributed by atoms with E-state index in [4.69, 9.17) is 0 Å². The Kier molecular flexibility index (Phi) is 4.07. The molecule has 0 aromatic rings. The van der Waals surface area contributed by atoms with E-state index in [1.54, 1.807) is 0 Å². The molecular formula is C15H26Br2. The molecule has 0 aromatic heterocycles. The van der Waals surface area contributed by atoms with E-state index in [2.05, 4.69) is 59.6 Å². The van der Waals surface area contributed by atoms with Crippen molar-refractivity contribution in [2.24, 2.45) is 23.7 Å². The van der Waals surface area contributed by atoms with Gasteiger partial charge in [0.2, 0.25) is 0 Å². The van der Waals surface area contributed by atoms with Crippen molar-refractivity contribution in [1.82, 2.24) is 0 Å². The minimum absolute atomic E-state index is 0.374. The maximum atomic E-state index is 4.18. The zero-order valence-electron chi connectivity index (χ0n) is 11.6. The second kappa shape index (κ2) is 4.81. The quantitative estimate of drug-likeness (QED) is 0.517. The van der Waals surface area contributed by atoms with Crippen molar-refractivity contribution in [3.63, 3.8) is 0 Å². The predicted octanol–water partition coefficient (Wildman–Crippen LogP) is 5.78. The molecule has 0 saturated heterocycles. The molecule has 0 aromatic carbocycles. The van der Waals surface area contributed by atoms with Crippen molar-refractivity contribution in [3.05, 3.63) is 0 Å². The summed E-state index contributed by atoms with van der Waals surface area (Å²) in [6.07, 6.45) is 6.82. The molecule has 0 N–H and O–H groups in total. The molecule has 0 unspecified atom stereocenters. The van der Waals surface area contributed by atoms with Gasteiger partial charge >= 0.3 is 0 Å². The Balaban J connectivity index is 2.27. The summed E-state index contributed by atoms with van der Waals surface area (Å²) in [6, 6.07) is 0. The molecule has 2 rings (SSSR count). The Hall–Kier alpha value is 0.960. The number of halogens is 2. The SMILES string of the molecule is CC(C)[C@@H]1CC[C@@H](C)[C@]2(Br)CC[C@@](C)(Br)C[C@H]12. The maximum Gasteiger partial charge on any atom is 0.0315 e. The van der Waals surface area contributed by atoms with Crippen LogP contribution in [0.3, 0.4) is 0 Å². The van der Waals surface area contributed by atoms with Crippen LogP contribution in [0.25, 0.3) is 0 Å². The van der Waals surface area contributed by atoms with Crippen LogP contribution in [0.4, 0.5) is 0 Å². The standard InChI is InChI=1S/C15H26Br2/c1-10(2)12-6-5-11(3)15(17)8-7-14(4,16)9-13(12)15/h10-13H,5-9H2,1-4H3/t11-,12+,13-,14-,15-/m1/s1. The molecule has 0 radical (unpaired) electrons. The van der Waals surface area contributed by atoms with Crippen LogP contribution in [-0.4, -0.2) is 8.65 Å². The highest BCUT2D eigenvalue weighted by Gasteiger charge is 2.53. The van der Waals surface area contributed by atoms with Gasteiger partial charge < -0.3 is 0 Å². The van der Waals surface area contributed by atoms with Gasteiger partial charge in [-0.1, -0.05) is 52.6 Å². The third-order valence-corrected chi connectivity index (χ3v) is 7.90. The monoisotopic (exact) mass is 364 g/mol. The van der Waals surface area contributed by atoms with Gasteiger partial charge in [0.15, 0.2) is 0 Å². The minimum atomic E-state index is 0.374. The first kappa shape index (κ1) is 14.4. The zero-order valence-corrected chi connectivity index (χ0v) is 14.8. The van der Waals surface area contributed by atoms with Gasteiger partial charge in [-0.25, -0.2) is 0 Å². The largest absolute Gasteiger partial charge is 0.0856 e. The molecule has 5 atom stereocenters. The second-order valence-electron chi connectivity index (χ2n) is 7.04. The first-order chi connectivity index (χ1) is 7.76. The lowest BCUT2D eigenvalue weighted by atomic mass is 9.57. The molecule has 2 fully saturated rings. The van der Waals surface area contributed by atoms with Crippen molar-refractivity contribution < 1.29 is 0 Å². The van der Waals surface area contributed by atoms with Crippen LogP contribution in [0.15, 0.2) is 0 Å². The lowest BCUT2D eigenvalue weighted by Gasteiger charge is -2.55. The van der Waals surface area contributed by atoms with Gasteiger partial charge in [-0.15, -0.1) is 0 Å². The first-order valence-electron chi connectivity index (χ1n) is 7.14. The van der Waals surface area contributed by atoms with Gasteiger partial charge in [-0.05, 0) is 62.7 Å². The summed E-state index contributed by atoms with van der Waals surface area (Å²) < 4.78 is 0.798. The lowest BCUT2D eigenvalue weighted by molar-refractivity contribution is 0.0550. The summed E-state index contributed by atoms with van der Waals surface area (Å²) in [5.41, 5.74) is 0. The molecule has 2 aliphatic rings. The minimum Gasteiger partial charge on any atom is -0.0856 e.